The van der Waals surface area contributed by atoms with E-state index in [4.69, 9.17) is 23.3 Å². The van der Waals surface area contributed by atoms with E-state index in [1.807, 2.05) is 18.2 Å². The summed E-state index contributed by atoms with van der Waals surface area (Å²) in [7, 11) is -1.52. The molecule has 0 fully saturated rings. The van der Waals surface area contributed by atoms with Gasteiger partial charge in [0.1, 0.15) is 19.8 Å². The van der Waals surface area contributed by atoms with Crippen molar-refractivity contribution in [3.05, 3.63) is 35.9 Å². The van der Waals surface area contributed by atoms with Crippen LogP contribution in [0.15, 0.2) is 30.3 Å². The molecule has 0 saturated carbocycles. The second kappa shape index (κ2) is 40.8. The van der Waals surface area contributed by atoms with Gasteiger partial charge in [-0.25, -0.2) is 9.59 Å². The predicted molar refractivity (Wildman–Crippen MR) is 238 cm³/mol. The average Bonchev–Trinajstić information content (AvgIpc) is 3.24. The number of methoxy groups -OCH3 is 1. The summed E-state index contributed by atoms with van der Waals surface area (Å²) in [6, 6.07) is 7.30. The van der Waals surface area contributed by atoms with Gasteiger partial charge in [-0.2, -0.15) is 0 Å². The molecule has 0 spiro atoms. The number of hydrogen-bond acceptors (Lipinski definition) is 9. The van der Waals surface area contributed by atoms with Crippen LogP contribution < -0.4 is 10.6 Å². The van der Waals surface area contributed by atoms with Gasteiger partial charge in [-0.3, -0.25) is 4.79 Å². The van der Waals surface area contributed by atoms with Crippen molar-refractivity contribution in [2.45, 2.75) is 212 Å². The first-order chi connectivity index (χ1) is 28.9. The predicted octanol–water partition coefficient (Wildman–Crippen LogP) is 12.6. The summed E-state index contributed by atoms with van der Waals surface area (Å²) in [5, 5.41) is 5.38. The lowest BCUT2D eigenvalue weighted by Gasteiger charge is -2.17. The highest BCUT2D eigenvalue weighted by molar-refractivity contribution is 7.33. The molecule has 0 bridgehead atoms. The van der Waals surface area contributed by atoms with Crippen molar-refractivity contribution in [2.24, 2.45) is 0 Å². The van der Waals surface area contributed by atoms with Crippen molar-refractivity contribution >= 4 is 26.2 Å². The Morgan fingerprint density at radius 2 is 1.03 bits per heavy atom. The zero-order valence-electron chi connectivity index (χ0n) is 37.5. The molecule has 2 N–H and O–H groups in total. The van der Waals surface area contributed by atoms with Crippen molar-refractivity contribution in [1.82, 2.24) is 10.6 Å². The summed E-state index contributed by atoms with van der Waals surface area (Å²) in [6.45, 7) is 4.74. The molecular formula is C47H84N2O9P+. The van der Waals surface area contributed by atoms with Crippen LogP contribution in [0, 0.1) is 0 Å². The summed E-state index contributed by atoms with van der Waals surface area (Å²) in [5.74, 6) is -0.887. The van der Waals surface area contributed by atoms with Crippen LogP contribution in [-0.4, -0.2) is 63.6 Å². The van der Waals surface area contributed by atoms with E-state index >= 15 is 0 Å². The lowest BCUT2D eigenvalue weighted by atomic mass is 10.0. The fourth-order valence-electron chi connectivity index (χ4n) is 6.90. The van der Waals surface area contributed by atoms with Crippen molar-refractivity contribution < 1.29 is 42.2 Å². The number of amides is 2. The smallest absolute Gasteiger partial charge is 0.467 e. The van der Waals surface area contributed by atoms with Gasteiger partial charge in [-0.1, -0.05) is 205 Å². The molecule has 0 heterocycles. The third kappa shape index (κ3) is 34.8. The lowest BCUT2D eigenvalue weighted by molar-refractivity contribution is -0.143. The Bertz CT molecular complexity index is 1160. The van der Waals surface area contributed by atoms with E-state index in [0.29, 0.717) is 13.0 Å². The molecule has 0 aliphatic heterocycles. The number of hydrogen-bond donors (Lipinski definition) is 2. The number of alkyl carbamates (subject to hydrolysis) is 1. The monoisotopic (exact) mass is 852 g/mol. The van der Waals surface area contributed by atoms with Gasteiger partial charge in [-0.05, 0) is 18.4 Å². The molecule has 59 heavy (non-hydrogen) atoms. The molecule has 0 saturated heterocycles. The minimum absolute atomic E-state index is 0.00668. The van der Waals surface area contributed by atoms with Crippen LogP contribution in [0.1, 0.15) is 199 Å². The molecule has 1 unspecified atom stereocenters. The first-order valence-electron chi connectivity index (χ1n) is 23.5. The van der Waals surface area contributed by atoms with Crippen LogP contribution in [0.2, 0.25) is 0 Å². The zero-order valence-corrected chi connectivity index (χ0v) is 38.4. The van der Waals surface area contributed by atoms with Crippen molar-refractivity contribution in [3.8, 4) is 0 Å². The van der Waals surface area contributed by atoms with Gasteiger partial charge >= 0.3 is 20.3 Å². The van der Waals surface area contributed by atoms with E-state index < -0.39 is 39.0 Å². The number of ether oxygens (including phenoxy) is 3. The molecule has 1 aromatic carbocycles. The third-order valence-corrected chi connectivity index (χ3v) is 11.3. The SMILES string of the molecule is CCCCCCCCCCCCCCCCOC[C@H](CO[P+](=O)OC[C@H](NC(=O)OCc1ccccc1)C(=O)OC)NC(=O)CCCCCCCCCCCCCCC. The van der Waals surface area contributed by atoms with Crippen molar-refractivity contribution in [3.63, 3.8) is 0 Å². The summed E-state index contributed by atoms with van der Waals surface area (Å²) >= 11 is 0. The molecule has 0 aliphatic rings. The normalized spacial score (nSPS) is 12.5. The van der Waals surface area contributed by atoms with Gasteiger partial charge < -0.3 is 24.8 Å². The standard InChI is InChI=1S/C47H83N2O9P/c1-4-6-8-10-12-14-16-18-20-22-24-26-28-33-37-55-39-43(48-45(50)36-32-27-25-23-21-19-17-15-13-11-9-7-5-2)40-57-59(53)58-41-44(46(51)54-3)49-47(52)56-38-42-34-30-29-31-35-42/h29-31,34-35,43-44H,4-28,32-33,36-41H2,1-3H3,(H-,48,49,50,52)/p+1/t43-,44+/m1/s1. The topological polar surface area (TPSA) is 138 Å². The zero-order chi connectivity index (χ0) is 42.9. The van der Waals surface area contributed by atoms with Crippen LogP contribution in [-0.2, 0) is 44.0 Å². The number of benzene rings is 1. The second-order valence-electron chi connectivity index (χ2n) is 16.0. The van der Waals surface area contributed by atoms with E-state index in [2.05, 4.69) is 24.5 Å². The van der Waals surface area contributed by atoms with E-state index in [0.717, 1.165) is 37.7 Å². The van der Waals surface area contributed by atoms with Gasteiger partial charge in [0.15, 0.2) is 6.04 Å². The van der Waals surface area contributed by atoms with Crippen LogP contribution in [0.3, 0.4) is 0 Å². The highest BCUT2D eigenvalue weighted by Crippen LogP contribution is 2.24. The lowest BCUT2D eigenvalue weighted by Crippen LogP contribution is -2.44. The van der Waals surface area contributed by atoms with E-state index in [9.17, 15) is 18.9 Å². The largest absolute Gasteiger partial charge is 0.697 e. The number of rotatable bonds is 42. The minimum Gasteiger partial charge on any atom is -0.467 e. The Morgan fingerprint density at radius 1 is 0.576 bits per heavy atom. The number of esters is 1. The van der Waals surface area contributed by atoms with Gasteiger partial charge in [0.05, 0.1) is 19.8 Å². The molecule has 2 amide bonds. The number of carbonyl (C=O) groups excluding carboxylic acids is 3. The molecule has 0 aliphatic carbocycles. The molecule has 12 heteroatoms. The first kappa shape index (κ1) is 54.4. The van der Waals surface area contributed by atoms with Crippen molar-refractivity contribution in [2.75, 3.05) is 33.5 Å². The molecule has 3 atom stereocenters. The van der Waals surface area contributed by atoms with Gasteiger partial charge in [0.2, 0.25) is 5.91 Å². The maximum Gasteiger partial charge on any atom is 0.697 e. The highest BCUT2D eigenvalue weighted by atomic mass is 31.1. The van der Waals surface area contributed by atoms with Gasteiger partial charge in [0, 0.05) is 17.6 Å². The molecule has 0 radical (unpaired) electrons. The van der Waals surface area contributed by atoms with E-state index in [1.54, 1.807) is 12.1 Å². The van der Waals surface area contributed by atoms with Crippen LogP contribution in [0.5, 0.6) is 0 Å². The molecule has 0 aromatic heterocycles. The summed E-state index contributed by atoms with van der Waals surface area (Å²) < 4.78 is 39.4. The fraction of sp³-hybridized carbons (Fsp3) is 0.809. The number of unbranched alkanes of at least 4 members (excludes halogenated alkanes) is 25. The Balaban J connectivity index is 2.43. The van der Waals surface area contributed by atoms with Crippen LogP contribution in [0.4, 0.5) is 4.79 Å². The maximum atomic E-state index is 12.9. The summed E-state index contributed by atoms with van der Waals surface area (Å²) in [4.78, 5) is 37.6. The number of carbonyl (C=O) groups is 3. The number of nitrogens with one attached hydrogen (secondary N) is 2. The summed E-state index contributed by atoms with van der Waals surface area (Å²) in [5.41, 5.74) is 0.777. The molecule has 11 nitrogen and oxygen atoms in total. The minimum atomic E-state index is -2.69. The van der Waals surface area contributed by atoms with Crippen molar-refractivity contribution in [1.29, 1.82) is 0 Å². The first-order valence-corrected chi connectivity index (χ1v) is 24.6. The van der Waals surface area contributed by atoms with E-state index in [1.165, 1.54) is 148 Å². The fourth-order valence-corrected chi connectivity index (χ4v) is 7.55. The third-order valence-electron chi connectivity index (χ3n) is 10.6. The van der Waals surface area contributed by atoms with E-state index in [-0.39, 0.29) is 25.7 Å². The van der Waals surface area contributed by atoms with Crippen LogP contribution >= 0.6 is 8.25 Å². The Morgan fingerprint density at radius 3 is 1.53 bits per heavy atom. The molecule has 1 aromatic rings. The second-order valence-corrected chi connectivity index (χ2v) is 17.0. The molecule has 1 rings (SSSR count). The average molecular weight is 852 g/mol. The Kier molecular flexibility index (Phi) is 37.6. The Labute approximate surface area is 359 Å². The molecular weight excluding hydrogens is 767 g/mol. The Hall–Kier alpha value is -2.59. The highest BCUT2D eigenvalue weighted by Gasteiger charge is 2.31. The molecule has 340 valence electrons. The summed E-state index contributed by atoms with van der Waals surface area (Å²) in [6.07, 6.45) is 33.6. The maximum absolute atomic E-state index is 12.9. The van der Waals surface area contributed by atoms with Crippen LogP contribution in [0.25, 0.3) is 0 Å². The van der Waals surface area contributed by atoms with Gasteiger partial charge in [0.25, 0.3) is 0 Å². The van der Waals surface area contributed by atoms with Gasteiger partial charge in [-0.15, -0.1) is 9.05 Å². The quantitative estimate of drug-likeness (QED) is 0.0374.